The van der Waals surface area contributed by atoms with Gasteiger partial charge in [-0.25, -0.2) is 0 Å². The Morgan fingerprint density at radius 1 is 1.11 bits per heavy atom. The molecule has 0 aliphatic carbocycles. The van der Waals surface area contributed by atoms with Crippen LogP contribution in [-0.2, 0) is 11.3 Å². The Labute approximate surface area is 164 Å². The maximum Gasteiger partial charge on any atom is 0.253 e. The van der Waals surface area contributed by atoms with Crippen LogP contribution >= 0.6 is 0 Å². The summed E-state index contributed by atoms with van der Waals surface area (Å²) in [5.41, 5.74) is 3.61. The summed E-state index contributed by atoms with van der Waals surface area (Å²) in [6.07, 6.45) is 0. The molecule has 0 bridgehead atoms. The van der Waals surface area contributed by atoms with Gasteiger partial charge in [-0.1, -0.05) is 0 Å². The SMILES string of the molecule is CCOc1ccc2[nH]c(=O)c(CNc3ccc(N4CCOCC4)cc3)cc2c1. The van der Waals surface area contributed by atoms with E-state index in [4.69, 9.17) is 9.47 Å². The first kappa shape index (κ1) is 18.4. The lowest BCUT2D eigenvalue weighted by atomic mass is 10.1. The van der Waals surface area contributed by atoms with Crippen molar-refractivity contribution in [3.63, 3.8) is 0 Å². The molecule has 2 aromatic carbocycles. The van der Waals surface area contributed by atoms with E-state index in [0.29, 0.717) is 18.7 Å². The first-order chi connectivity index (χ1) is 13.7. The largest absolute Gasteiger partial charge is 0.494 e. The molecule has 2 heterocycles. The van der Waals surface area contributed by atoms with Crippen molar-refractivity contribution in [3.05, 3.63) is 64.4 Å². The predicted molar refractivity (Wildman–Crippen MR) is 113 cm³/mol. The zero-order chi connectivity index (χ0) is 19.3. The summed E-state index contributed by atoms with van der Waals surface area (Å²) in [6.45, 7) is 6.42. The molecule has 6 heteroatoms. The molecule has 1 aliphatic heterocycles. The van der Waals surface area contributed by atoms with Crippen molar-refractivity contribution in [2.24, 2.45) is 0 Å². The highest BCUT2D eigenvalue weighted by Crippen LogP contribution is 2.21. The summed E-state index contributed by atoms with van der Waals surface area (Å²) in [7, 11) is 0. The van der Waals surface area contributed by atoms with Crippen molar-refractivity contribution in [1.29, 1.82) is 0 Å². The summed E-state index contributed by atoms with van der Waals surface area (Å²) >= 11 is 0. The fraction of sp³-hybridized carbons (Fsp3) is 0.318. The van der Waals surface area contributed by atoms with Gasteiger partial charge in [0.15, 0.2) is 0 Å². The molecule has 4 rings (SSSR count). The number of H-pyrrole nitrogens is 1. The second-order valence-electron chi connectivity index (χ2n) is 6.81. The van der Waals surface area contributed by atoms with Crippen LogP contribution in [0.1, 0.15) is 12.5 Å². The van der Waals surface area contributed by atoms with Gasteiger partial charge in [0, 0.05) is 47.5 Å². The zero-order valence-corrected chi connectivity index (χ0v) is 16.0. The van der Waals surface area contributed by atoms with Crippen LogP contribution in [0.2, 0.25) is 0 Å². The molecule has 146 valence electrons. The number of nitrogens with one attached hydrogen (secondary N) is 2. The topological polar surface area (TPSA) is 66.6 Å². The van der Waals surface area contributed by atoms with Crippen LogP contribution in [0.5, 0.6) is 5.75 Å². The molecule has 1 saturated heterocycles. The number of ether oxygens (including phenoxy) is 2. The molecule has 0 atom stereocenters. The monoisotopic (exact) mass is 379 g/mol. The predicted octanol–water partition coefficient (Wildman–Crippen LogP) is 3.38. The van der Waals surface area contributed by atoms with Gasteiger partial charge in [-0.2, -0.15) is 0 Å². The van der Waals surface area contributed by atoms with Crippen molar-refractivity contribution >= 4 is 22.3 Å². The van der Waals surface area contributed by atoms with Gasteiger partial charge in [-0.05, 0) is 55.5 Å². The third kappa shape index (κ3) is 4.12. The lowest BCUT2D eigenvalue weighted by Crippen LogP contribution is -2.36. The highest BCUT2D eigenvalue weighted by molar-refractivity contribution is 5.80. The molecule has 3 aromatic rings. The van der Waals surface area contributed by atoms with E-state index in [0.717, 1.165) is 48.6 Å². The van der Waals surface area contributed by atoms with E-state index in [1.165, 1.54) is 5.69 Å². The number of benzene rings is 2. The van der Waals surface area contributed by atoms with E-state index < -0.39 is 0 Å². The molecular formula is C22H25N3O3. The maximum absolute atomic E-state index is 12.4. The number of anilines is 2. The Morgan fingerprint density at radius 2 is 1.89 bits per heavy atom. The van der Waals surface area contributed by atoms with Crippen molar-refractivity contribution in [1.82, 2.24) is 4.98 Å². The molecule has 0 radical (unpaired) electrons. The highest BCUT2D eigenvalue weighted by Gasteiger charge is 2.11. The van der Waals surface area contributed by atoms with Crippen molar-refractivity contribution < 1.29 is 9.47 Å². The number of nitrogens with zero attached hydrogens (tertiary/aromatic N) is 1. The maximum atomic E-state index is 12.4. The summed E-state index contributed by atoms with van der Waals surface area (Å²) in [5.74, 6) is 0.805. The average Bonchev–Trinajstić information content (AvgIpc) is 2.74. The minimum atomic E-state index is -0.0749. The quantitative estimate of drug-likeness (QED) is 0.687. The van der Waals surface area contributed by atoms with Gasteiger partial charge in [0.2, 0.25) is 0 Å². The molecular weight excluding hydrogens is 354 g/mol. The van der Waals surface area contributed by atoms with Crippen LogP contribution in [-0.4, -0.2) is 37.9 Å². The molecule has 1 fully saturated rings. The van der Waals surface area contributed by atoms with E-state index in [2.05, 4.69) is 27.3 Å². The molecule has 1 aliphatic rings. The van der Waals surface area contributed by atoms with Crippen LogP contribution in [0.3, 0.4) is 0 Å². The fourth-order valence-electron chi connectivity index (χ4n) is 3.43. The fourth-order valence-corrected chi connectivity index (χ4v) is 3.43. The molecule has 6 nitrogen and oxygen atoms in total. The normalized spacial score (nSPS) is 14.2. The highest BCUT2D eigenvalue weighted by atomic mass is 16.5. The van der Waals surface area contributed by atoms with Gasteiger partial charge >= 0.3 is 0 Å². The van der Waals surface area contributed by atoms with Crippen LogP contribution in [0.4, 0.5) is 11.4 Å². The van der Waals surface area contributed by atoms with Crippen molar-refractivity contribution in [2.45, 2.75) is 13.5 Å². The molecule has 2 N–H and O–H groups in total. The summed E-state index contributed by atoms with van der Waals surface area (Å²) in [4.78, 5) is 17.6. The molecule has 1 aromatic heterocycles. The molecule has 0 unspecified atom stereocenters. The Morgan fingerprint density at radius 3 is 2.64 bits per heavy atom. The van der Waals surface area contributed by atoms with Crippen LogP contribution in [0.25, 0.3) is 10.9 Å². The number of hydrogen-bond donors (Lipinski definition) is 2. The zero-order valence-electron chi connectivity index (χ0n) is 16.0. The first-order valence-corrected chi connectivity index (χ1v) is 9.68. The number of rotatable bonds is 6. The van der Waals surface area contributed by atoms with Crippen LogP contribution in [0.15, 0.2) is 53.3 Å². The number of morpholine rings is 1. The third-order valence-corrected chi connectivity index (χ3v) is 4.93. The lowest BCUT2D eigenvalue weighted by molar-refractivity contribution is 0.122. The summed E-state index contributed by atoms with van der Waals surface area (Å²) in [6, 6.07) is 15.9. The number of hydrogen-bond acceptors (Lipinski definition) is 5. The lowest BCUT2D eigenvalue weighted by Gasteiger charge is -2.28. The van der Waals surface area contributed by atoms with Crippen molar-refractivity contribution in [2.75, 3.05) is 43.1 Å². The van der Waals surface area contributed by atoms with E-state index in [9.17, 15) is 4.79 Å². The molecule has 0 spiro atoms. The van der Waals surface area contributed by atoms with Gasteiger partial charge in [-0.15, -0.1) is 0 Å². The smallest absolute Gasteiger partial charge is 0.253 e. The number of aromatic nitrogens is 1. The Kier molecular flexibility index (Phi) is 5.48. The first-order valence-electron chi connectivity index (χ1n) is 9.68. The average molecular weight is 379 g/mol. The van der Waals surface area contributed by atoms with E-state index >= 15 is 0 Å². The minimum absolute atomic E-state index is 0.0749. The van der Waals surface area contributed by atoms with Crippen LogP contribution < -0.4 is 20.5 Å². The van der Waals surface area contributed by atoms with Gasteiger partial charge in [-0.3, -0.25) is 4.79 Å². The standard InChI is InChI=1S/C22H25N3O3/c1-2-28-20-7-8-21-16(14-20)13-17(22(26)24-21)15-23-18-3-5-19(6-4-18)25-9-11-27-12-10-25/h3-8,13-14,23H,2,9-12,15H2,1H3,(H,24,26). The minimum Gasteiger partial charge on any atom is -0.494 e. The Balaban J connectivity index is 1.47. The second-order valence-corrected chi connectivity index (χ2v) is 6.81. The molecule has 0 amide bonds. The summed E-state index contributed by atoms with van der Waals surface area (Å²) < 4.78 is 11.0. The Bertz CT molecular complexity index is 992. The van der Waals surface area contributed by atoms with Gasteiger partial charge < -0.3 is 24.7 Å². The number of aromatic amines is 1. The Hall–Kier alpha value is -2.99. The van der Waals surface area contributed by atoms with Gasteiger partial charge in [0.25, 0.3) is 5.56 Å². The number of fused-ring (bicyclic) bond motifs is 1. The third-order valence-electron chi connectivity index (χ3n) is 4.93. The van der Waals surface area contributed by atoms with E-state index in [1.807, 2.05) is 43.3 Å². The van der Waals surface area contributed by atoms with E-state index in [-0.39, 0.29) is 5.56 Å². The molecule has 0 saturated carbocycles. The number of pyridine rings is 1. The van der Waals surface area contributed by atoms with Crippen molar-refractivity contribution in [3.8, 4) is 5.75 Å². The summed E-state index contributed by atoms with van der Waals surface area (Å²) in [5, 5.41) is 4.30. The van der Waals surface area contributed by atoms with E-state index in [1.54, 1.807) is 0 Å². The second kappa shape index (κ2) is 8.35. The molecule has 28 heavy (non-hydrogen) atoms. The van der Waals surface area contributed by atoms with Gasteiger partial charge in [0.1, 0.15) is 5.75 Å². The van der Waals surface area contributed by atoms with Gasteiger partial charge in [0.05, 0.1) is 19.8 Å². The van der Waals surface area contributed by atoms with Crippen LogP contribution in [0, 0.1) is 0 Å².